The van der Waals surface area contributed by atoms with Crippen LogP contribution in [0.3, 0.4) is 0 Å². The highest BCUT2D eigenvalue weighted by atomic mass is 32.2. The van der Waals surface area contributed by atoms with Gasteiger partial charge >= 0.3 is 5.97 Å². The van der Waals surface area contributed by atoms with Gasteiger partial charge in [-0.2, -0.15) is 0 Å². The molecule has 0 aromatic carbocycles. The minimum absolute atomic E-state index is 0.384. The van der Waals surface area contributed by atoms with E-state index in [1.165, 1.54) is 0 Å². The maximum atomic E-state index is 12.3. The van der Waals surface area contributed by atoms with Crippen LogP contribution in [0.1, 0.15) is 0 Å². The molecule has 0 saturated heterocycles. The lowest BCUT2D eigenvalue weighted by atomic mass is 10.4. The van der Waals surface area contributed by atoms with Gasteiger partial charge in [-0.05, 0) is 39.3 Å². The van der Waals surface area contributed by atoms with Gasteiger partial charge in [-0.25, -0.2) is 8.42 Å². The maximum Gasteiger partial charge on any atom is 0.310 e. The summed E-state index contributed by atoms with van der Waals surface area (Å²) in [6.45, 7) is 17.1. The summed E-state index contributed by atoms with van der Waals surface area (Å²) < 4.78 is 35.1. The molecule has 6 nitrogen and oxygen atoms in total. The Kier molecular flexibility index (Phi) is 7.26. The lowest BCUT2D eigenvalue weighted by Crippen LogP contribution is -2.56. The first kappa shape index (κ1) is 22.0. The van der Waals surface area contributed by atoms with E-state index in [2.05, 4.69) is 4.98 Å². The topological polar surface area (TPSA) is 81.7 Å². The zero-order chi connectivity index (χ0) is 18.0. The van der Waals surface area contributed by atoms with Crippen LogP contribution < -0.4 is 4.98 Å². The molecule has 0 fully saturated rings. The average Bonchev–Trinajstić information content (AvgIpc) is 2.05. The van der Waals surface area contributed by atoms with E-state index in [1.807, 2.05) is 39.3 Å². The summed E-state index contributed by atoms with van der Waals surface area (Å²) >= 11 is 0. The molecule has 0 saturated carbocycles. The smallest absolute Gasteiger partial charge is 0.310 e. The second-order valence-corrected chi connectivity index (χ2v) is 24.0. The molecule has 10 heteroatoms. The molecule has 0 bridgehead atoms. The van der Waals surface area contributed by atoms with Crippen molar-refractivity contribution < 1.29 is 21.5 Å². The zero-order valence-electron chi connectivity index (χ0n) is 15.2. The highest BCUT2D eigenvalue weighted by Crippen LogP contribution is 2.13. The van der Waals surface area contributed by atoms with Gasteiger partial charge < -0.3 is 13.3 Å². The molecule has 1 unspecified atom stereocenters. The first-order valence-electron chi connectivity index (χ1n) is 7.34. The molecule has 0 aliphatic carbocycles. The van der Waals surface area contributed by atoms with Crippen LogP contribution >= 0.6 is 0 Å². The van der Waals surface area contributed by atoms with Crippen molar-refractivity contribution in [3.63, 3.8) is 0 Å². The molecule has 0 spiro atoms. The molecule has 0 amide bonds. The normalized spacial score (nSPS) is 15.5. The maximum absolute atomic E-state index is 12.3. The van der Waals surface area contributed by atoms with Crippen LogP contribution in [0.5, 0.6) is 0 Å². The molecule has 0 aliphatic heterocycles. The number of carbonyl (C=O) groups excluding carboxylic acids is 1. The zero-order valence-corrected chi connectivity index (χ0v) is 19.1. The Morgan fingerprint density at radius 1 is 0.955 bits per heavy atom. The van der Waals surface area contributed by atoms with Gasteiger partial charge in [0, 0.05) is 0 Å². The summed E-state index contributed by atoms with van der Waals surface area (Å²) in [5.41, 5.74) is 0. The third-order valence-corrected chi connectivity index (χ3v) is 7.83. The molecule has 0 aliphatic rings. The van der Waals surface area contributed by atoms with Crippen LogP contribution in [-0.4, -0.2) is 51.1 Å². The SMILES string of the molecule is C[Si](C)(C)NC(CS(=O)(=O)O[Si](C)(C)C)C(=O)O[Si](C)(C)C. The molecule has 0 aromatic rings. The second kappa shape index (κ2) is 7.26. The molecule has 1 atom stereocenters. The lowest BCUT2D eigenvalue weighted by Gasteiger charge is -2.29. The van der Waals surface area contributed by atoms with E-state index < -0.39 is 47.0 Å². The number of nitrogens with one attached hydrogen (secondary N) is 1. The van der Waals surface area contributed by atoms with E-state index in [4.69, 9.17) is 8.30 Å². The molecule has 0 aromatic heterocycles. The second-order valence-electron chi connectivity index (χ2n) is 8.40. The predicted octanol–water partition coefficient (Wildman–Crippen LogP) is 2.34. The number of carbonyl (C=O) groups is 1. The fourth-order valence-electron chi connectivity index (χ4n) is 1.68. The highest BCUT2D eigenvalue weighted by molar-refractivity contribution is 7.87. The van der Waals surface area contributed by atoms with Gasteiger partial charge in [0.05, 0.1) is 0 Å². The van der Waals surface area contributed by atoms with Gasteiger partial charge in [0.2, 0.25) is 16.6 Å². The monoisotopic (exact) mass is 385 g/mol. The van der Waals surface area contributed by atoms with Crippen molar-refractivity contribution in [2.75, 3.05) is 5.75 Å². The summed E-state index contributed by atoms with van der Waals surface area (Å²) in [5.74, 6) is -0.880. The van der Waals surface area contributed by atoms with Gasteiger partial charge in [0.15, 0.2) is 0 Å². The van der Waals surface area contributed by atoms with E-state index in [9.17, 15) is 13.2 Å². The van der Waals surface area contributed by atoms with Crippen LogP contribution in [0.4, 0.5) is 0 Å². The summed E-state index contributed by atoms with van der Waals surface area (Å²) in [6.07, 6.45) is 0. The Morgan fingerprint density at radius 2 is 1.41 bits per heavy atom. The lowest BCUT2D eigenvalue weighted by molar-refractivity contribution is -0.136. The summed E-state index contributed by atoms with van der Waals surface area (Å²) in [6, 6.07) is -0.875. The minimum Gasteiger partial charge on any atom is -0.519 e. The molecule has 0 rings (SSSR count). The largest absolute Gasteiger partial charge is 0.519 e. The molecule has 22 heavy (non-hydrogen) atoms. The van der Waals surface area contributed by atoms with Gasteiger partial charge in [0.25, 0.3) is 10.1 Å². The van der Waals surface area contributed by atoms with Crippen molar-refractivity contribution in [2.45, 2.75) is 65.0 Å². The fraction of sp³-hybridized carbons (Fsp3) is 0.917. The predicted molar refractivity (Wildman–Crippen MR) is 97.9 cm³/mol. The van der Waals surface area contributed by atoms with Gasteiger partial charge in [0.1, 0.15) is 20.0 Å². The first-order chi connectivity index (χ1) is 9.40. The van der Waals surface area contributed by atoms with E-state index in [-0.39, 0.29) is 5.75 Å². The third kappa shape index (κ3) is 11.5. The standard InChI is InChI=1S/C12H31NO5SSi3/c1-20(2,3)13-11(12(14)17-21(4,5)6)10-19(15,16)18-22(7,8)9/h11,13H,10H2,1-9H3. The number of hydrogen-bond donors (Lipinski definition) is 1. The van der Waals surface area contributed by atoms with Gasteiger partial charge in [-0.3, -0.25) is 4.79 Å². The van der Waals surface area contributed by atoms with Crippen LogP contribution in [-0.2, 0) is 23.2 Å². The summed E-state index contributed by atoms with van der Waals surface area (Å²) in [5, 5.41) is 0. The fourth-order valence-corrected chi connectivity index (χ4v) is 7.79. The van der Waals surface area contributed by atoms with Crippen LogP contribution in [0.15, 0.2) is 0 Å². The summed E-state index contributed by atoms with van der Waals surface area (Å²) in [7, 11) is -9.97. The van der Waals surface area contributed by atoms with Crippen molar-refractivity contribution >= 4 is 41.0 Å². The van der Waals surface area contributed by atoms with Crippen molar-refractivity contribution in [1.29, 1.82) is 0 Å². The minimum atomic E-state index is -3.78. The van der Waals surface area contributed by atoms with E-state index in [0.717, 1.165) is 0 Å². The van der Waals surface area contributed by atoms with Crippen LogP contribution in [0, 0.1) is 0 Å². The molecular formula is C12H31NO5SSi3. The van der Waals surface area contributed by atoms with Crippen LogP contribution in [0.2, 0.25) is 58.9 Å². The Labute approximate surface area is 138 Å². The highest BCUT2D eigenvalue weighted by Gasteiger charge is 2.35. The Bertz CT molecular complexity index is 488. The number of hydrogen-bond acceptors (Lipinski definition) is 6. The average molecular weight is 386 g/mol. The molecular weight excluding hydrogens is 354 g/mol. The van der Waals surface area contributed by atoms with Crippen LogP contribution in [0.25, 0.3) is 0 Å². The molecule has 0 radical (unpaired) electrons. The van der Waals surface area contributed by atoms with Crippen molar-refractivity contribution in [3.05, 3.63) is 0 Å². The Balaban J connectivity index is 5.23. The van der Waals surface area contributed by atoms with Gasteiger partial charge in [-0.1, -0.05) is 19.6 Å². The molecule has 132 valence electrons. The third-order valence-electron chi connectivity index (χ3n) is 2.05. The van der Waals surface area contributed by atoms with Crippen molar-refractivity contribution in [3.8, 4) is 0 Å². The van der Waals surface area contributed by atoms with E-state index >= 15 is 0 Å². The van der Waals surface area contributed by atoms with Crippen molar-refractivity contribution in [2.24, 2.45) is 0 Å². The summed E-state index contributed by atoms with van der Waals surface area (Å²) in [4.78, 5) is 15.5. The number of rotatable bonds is 8. The first-order valence-corrected chi connectivity index (χ1v) is 19.2. The van der Waals surface area contributed by atoms with Gasteiger partial charge in [-0.15, -0.1) is 0 Å². The van der Waals surface area contributed by atoms with E-state index in [1.54, 1.807) is 19.6 Å². The van der Waals surface area contributed by atoms with E-state index in [0.29, 0.717) is 0 Å². The Morgan fingerprint density at radius 3 is 1.73 bits per heavy atom. The molecule has 1 N–H and O–H groups in total. The van der Waals surface area contributed by atoms with Crippen molar-refractivity contribution in [1.82, 2.24) is 4.98 Å². The molecule has 0 heterocycles. The quantitative estimate of drug-likeness (QED) is 0.646. The Hall–Kier alpha value is -0.00935.